The fourth-order valence-electron chi connectivity index (χ4n) is 2.57. The number of aromatic nitrogens is 1. The zero-order valence-electron chi connectivity index (χ0n) is 12.1. The Bertz CT molecular complexity index is 478. The van der Waals surface area contributed by atoms with Gasteiger partial charge in [-0.2, -0.15) is 0 Å². The molecule has 1 aliphatic rings. The minimum absolute atomic E-state index is 0.0458. The van der Waals surface area contributed by atoms with Gasteiger partial charge in [-0.25, -0.2) is 9.78 Å². The molecule has 0 radical (unpaired) electrons. The summed E-state index contributed by atoms with van der Waals surface area (Å²) in [6.07, 6.45) is 4.25. The molecule has 2 amide bonds. The quantitative estimate of drug-likeness (QED) is 0.845. The first-order chi connectivity index (χ1) is 10.1. The molecule has 0 spiro atoms. The summed E-state index contributed by atoms with van der Waals surface area (Å²) in [5.74, 6) is -0.473. The van der Waals surface area contributed by atoms with E-state index in [-0.39, 0.29) is 18.5 Å². The lowest BCUT2D eigenvalue weighted by Crippen LogP contribution is -2.40. The van der Waals surface area contributed by atoms with Gasteiger partial charge in [0.05, 0.1) is 6.04 Å². The number of carboxylic acids is 1. The molecule has 2 heterocycles. The van der Waals surface area contributed by atoms with Crippen molar-refractivity contribution < 1.29 is 14.7 Å². The van der Waals surface area contributed by atoms with E-state index < -0.39 is 5.97 Å². The largest absolute Gasteiger partial charge is 0.481 e. The fraction of sp³-hybridized carbons (Fsp3) is 0.643. The summed E-state index contributed by atoms with van der Waals surface area (Å²) in [4.78, 5) is 28.9. The molecule has 0 bridgehead atoms. The van der Waals surface area contributed by atoms with Crippen molar-refractivity contribution in [3.8, 4) is 0 Å². The smallest absolute Gasteiger partial charge is 0.317 e. The highest BCUT2D eigenvalue weighted by Crippen LogP contribution is 2.23. The van der Waals surface area contributed by atoms with Crippen LogP contribution in [0.1, 0.15) is 43.7 Å². The van der Waals surface area contributed by atoms with Gasteiger partial charge in [0, 0.05) is 31.1 Å². The highest BCUT2D eigenvalue weighted by Gasteiger charge is 2.28. The number of nitrogens with zero attached hydrogens (tertiary/aromatic N) is 2. The molecular weight excluding hydrogens is 290 g/mol. The number of carbonyl (C=O) groups is 2. The predicted molar refractivity (Wildman–Crippen MR) is 80.2 cm³/mol. The Kier molecular flexibility index (Phi) is 5.55. The molecule has 1 aromatic heterocycles. The molecule has 0 saturated carbocycles. The van der Waals surface area contributed by atoms with Crippen LogP contribution < -0.4 is 5.32 Å². The van der Waals surface area contributed by atoms with E-state index in [1.54, 1.807) is 22.4 Å². The van der Waals surface area contributed by atoms with Gasteiger partial charge in [0.25, 0.3) is 0 Å². The summed E-state index contributed by atoms with van der Waals surface area (Å²) in [5.41, 5.74) is 0. The first-order valence-electron chi connectivity index (χ1n) is 7.26. The van der Waals surface area contributed by atoms with Crippen molar-refractivity contribution in [3.63, 3.8) is 0 Å². The molecule has 1 fully saturated rings. The van der Waals surface area contributed by atoms with Crippen molar-refractivity contribution in [1.82, 2.24) is 15.2 Å². The third-order valence-electron chi connectivity index (χ3n) is 3.79. The number of hydrogen-bond donors (Lipinski definition) is 2. The second kappa shape index (κ2) is 7.40. The third kappa shape index (κ3) is 4.42. The van der Waals surface area contributed by atoms with Gasteiger partial charge in [-0.15, -0.1) is 11.3 Å². The summed E-state index contributed by atoms with van der Waals surface area (Å²) < 4.78 is 0. The van der Waals surface area contributed by atoms with Gasteiger partial charge >= 0.3 is 12.0 Å². The SMILES string of the molecule is CCC(NC(=O)N1CCC(CCC(=O)O)C1)c1nccs1. The second-order valence-electron chi connectivity index (χ2n) is 5.31. The maximum absolute atomic E-state index is 12.3. The van der Waals surface area contributed by atoms with E-state index in [9.17, 15) is 9.59 Å². The molecule has 2 N–H and O–H groups in total. The van der Waals surface area contributed by atoms with Crippen LogP contribution in [0.2, 0.25) is 0 Å². The van der Waals surface area contributed by atoms with Crippen LogP contribution in [-0.2, 0) is 4.79 Å². The zero-order chi connectivity index (χ0) is 15.2. The molecule has 2 unspecified atom stereocenters. The maximum atomic E-state index is 12.3. The molecule has 1 saturated heterocycles. The lowest BCUT2D eigenvalue weighted by atomic mass is 10.0. The number of urea groups is 1. The summed E-state index contributed by atoms with van der Waals surface area (Å²) in [5, 5.41) is 14.6. The number of amides is 2. The van der Waals surface area contributed by atoms with E-state index >= 15 is 0 Å². The fourth-order valence-corrected chi connectivity index (χ4v) is 3.34. The van der Waals surface area contributed by atoms with E-state index in [0.717, 1.165) is 17.8 Å². The number of thiazole rings is 1. The van der Waals surface area contributed by atoms with Crippen LogP contribution in [0.3, 0.4) is 0 Å². The molecule has 6 nitrogen and oxygen atoms in total. The molecule has 116 valence electrons. The minimum atomic E-state index is -0.771. The highest BCUT2D eigenvalue weighted by atomic mass is 32.1. The van der Waals surface area contributed by atoms with Crippen LogP contribution in [0, 0.1) is 5.92 Å². The minimum Gasteiger partial charge on any atom is -0.481 e. The van der Waals surface area contributed by atoms with E-state index in [1.165, 1.54) is 0 Å². The van der Waals surface area contributed by atoms with Gasteiger partial charge in [0.2, 0.25) is 0 Å². The topological polar surface area (TPSA) is 82.5 Å². The van der Waals surface area contributed by atoms with E-state index in [1.807, 2.05) is 12.3 Å². The van der Waals surface area contributed by atoms with Crippen LogP contribution in [0.5, 0.6) is 0 Å². The van der Waals surface area contributed by atoms with Gasteiger partial charge < -0.3 is 15.3 Å². The van der Waals surface area contributed by atoms with Crippen LogP contribution >= 0.6 is 11.3 Å². The van der Waals surface area contributed by atoms with Crippen molar-refractivity contribution in [1.29, 1.82) is 0 Å². The van der Waals surface area contributed by atoms with Crippen molar-refractivity contribution in [2.24, 2.45) is 5.92 Å². The van der Waals surface area contributed by atoms with Gasteiger partial charge in [0.15, 0.2) is 0 Å². The molecule has 2 rings (SSSR count). The first-order valence-corrected chi connectivity index (χ1v) is 8.14. The van der Waals surface area contributed by atoms with E-state index in [4.69, 9.17) is 5.11 Å². The van der Waals surface area contributed by atoms with Crippen molar-refractivity contribution in [3.05, 3.63) is 16.6 Å². The predicted octanol–water partition coefficient (Wildman–Crippen LogP) is 2.49. The Morgan fingerprint density at radius 2 is 2.43 bits per heavy atom. The number of hydrogen-bond acceptors (Lipinski definition) is 4. The number of carboxylic acid groups (broad SMARTS) is 1. The molecule has 0 aromatic carbocycles. The highest BCUT2D eigenvalue weighted by molar-refractivity contribution is 7.09. The van der Waals surface area contributed by atoms with E-state index in [0.29, 0.717) is 25.4 Å². The molecule has 0 aliphatic carbocycles. The van der Waals surface area contributed by atoms with Gasteiger partial charge in [-0.3, -0.25) is 4.79 Å². The number of aliphatic carboxylic acids is 1. The average Bonchev–Trinajstić information content (AvgIpc) is 3.13. The maximum Gasteiger partial charge on any atom is 0.317 e. The van der Waals surface area contributed by atoms with Crippen LogP contribution in [0.15, 0.2) is 11.6 Å². The Hall–Kier alpha value is -1.63. The molecule has 1 aliphatic heterocycles. The van der Waals surface area contributed by atoms with Crippen LogP contribution in [0.25, 0.3) is 0 Å². The Labute approximate surface area is 128 Å². The number of nitrogens with one attached hydrogen (secondary N) is 1. The summed E-state index contributed by atoms with van der Waals surface area (Å²) in [6.45, 7) is 3.36. The first kappa shape index (κ1) is 15.8. The third-order valence-corrected chi connectivity index (χ3v) is 4.68. The number of likely N-dealkylation sites (tertiary alicyclic amines) is 1. The Morgan fingerprint density at radius 1 is 1.62 bits per heavy atom. The van der Waals surface area contributed by atoms with Gasteiger partial charge in [-0.05, 0) is 25.2 Å². The molecular formula is C14H21N3O3S. The normalized spacial score (nSPS) is 19.5. The summed E-state index contributed by atoms with van der Waals surface area (Å²) in [7, 11) is 0. The molecule has 7 heteroatoms. The second-order valence-corrected chi connectivity index (χ2v) is 6.24. The van der Waals surface area contributed by atoms with Crippen LogP contribution in [0.4, 0.5) is 4.79 Å². The summed E-state index contributed by atoms with van der Waals surface area (Å²) in [6, 6.07) is -0.120. The number of rotatable bonds is 6. The molecule has 2 atom stereocenters. The lowest BCUT2D eigenvalue weighted by molar-refractivity contribution is -0.137. The number of carbonyl (C=O) groups excluding carboxylic acids is 1. The standard InChI is InChI=1S/C14H21N3O3S/c1-2-11(13-15-6-8-21-13)16-14(20)17-7-5-10(9-17)3-4-12(18)19/h6,8,10-11H,2-5,7,9H2,1H3,(H,16,20)(H,18,19). The lowest BCUT2D eigenvalue weighted by Gasteiger charge is -2.21. The Balaban J connectivity index is 1.82. The van der Waals surface area contributed by atoms with Crippen molar-refractivity contribution in [2.75, 3.05) is 13.1 Å². The molecule has 21 heavy (non-hydrogen) atoms. The Morgan fingerprint density at radius 3 is 3.05 bits per heavy atom. The van der Waals surface area contributed by atoms with Crippen molar-refractivity contribution >= 4 is 23.3 Å². The van der Waals surface area contributed by atoms with E-state index in [2.05, 4.69) is 10.3 Å². The summed E-state index contributed by atoms with van der Waals surface area (Å²) >= 11 is 1.54. The zero-order valence-corrected chi connectivity index (χ0v) is 12.9. The van der Waals surface area contributed by atoms with Crippen LogP contribution in [-0.4, -0.2) is 40.1 Å². The average molecular weight is 311 g/mol. The monoisotopic (exact) mass is 311 g/mol. The van der Waals surface area contributed by atoms with Gasteiger partial charge in [0.1, 0.15) is 5.01 Å². The van der Waals surface area contributed by atoms with Gasteiger partial charge in [-0.1, -0.05) is 6.92 Å². The van der Waals surface area contributed by atoms with Crippen molar-refractivity contribution in [2.45, 2.75) is 38.6 Å². The molecule has 1 aromatic rings.